The van der Waals surface area contributed by atoms with Gasteiger partial charge in [-0.05, 0) is 78.2 Å². The number of fused-ring (bicyclic) bond motifs is 11. The molecule has 0 atom stereocenters. The summed E-state index contributed by atoms with van der Waals surface area (Å²) in [6, 6.07) is 73.2. The number of thiophene rings is 1. The second-order valence-corrected chi connectivity index (χ2v) is 15.6. The fraction of sp³-hybridized carbons (Fsp3) is 0. The summed E-state index contributed by atoms with van der Waals surface area (Å²) < 4.78 is 7.42. The third-order valence-electron chi connectivity index (χ3n) is 11.5. The van der Waals surface area contributed by atoms with E-state index < -0.39 is 0 Å². The molecule has 3 aromatic heterocycles. The third kappa shape index (κ3) is 4.57. The molecule has 0 fully saturated rings. The van der Waals surface area contributed by atoms with E-state index in [1.807, 2.05) is 11.3 Å². The maximum atomic E-state index is 2.45. The first-order valence-corrected chi connectivity index (χ1v) is 19.9. The molecule has 0 aliphatic rings. The SMILES string of the molecule is c1ccc(-n2c3ccccc3c3ccc(N(c4ccc(-n5c6ccccc6c6ccc7ccccc7c65)cc4)c4cccc5c4sc4ccccc45)cc32)cc1. The van der Waals surface area contributed by atoms with Crippen LogP contribution in [-0.2, 0) is 0 Å². The first-order valence-electron chi connectivity index (χ1n) is 19.1. The Labute approximate surface area is 327 Å². The Kier molecular flexibility index (Phi) is 6.80. The molecule has 3 nitrogen and oxygen atoms in total. The highest BCUT2D eigenvalue weighted by atomic mass is 32.1. The molecular weight excluding hydrogens is 699 g/mol. The molecule has 0 N–H and O–H groups in total. The van der Waals surface area contributed by atoms with Crippen molar-refractivity contribution in [1.29, 1.82) is 0 Å². The lowest BCUT2D eigenvalue weighted by molar-refractivity contribution is 1.17. The number of hydrogen-bond acceptors (Lipinski definition) is 2. The summed E-state index contributed by atoms with van der Waals surface area (Å²) in [5.41, 5.74) is 10.5. The topological polar surface area (TPSA) is 13.1 Å². The van der Waals surface area contributed by atoms with Crippen molar-refractivity contribution in [3.63, 3.8) is 0 Å². The van der Waals surface area contributed by atoms with E-state index in [0.29, 0.717) is 0 Å². The Balaban J connectivity index is 1.11. The van der Waals surface area contributed by atoms with Gasteiger partial charge in [0.15, 0.2) is 0 Å². The number of rotatable bonds is 5. The second kappa shape index (κ2) is 12.2. The molecule has 0 saturated carbocycles. The van der Waals surface area contributed by atoms with Crippen molar-refractivity contribution in [3.05, 3.63) is 200 Å². The van der Waals surface area contributed by atoms with Crippen molar-refractivity contribution in [3.8, 4) is 11.4 Å². The highest BCUT2D eigenvalue weighted by Crippen LogP contribution is 2.46. The number of nitrogens with zero attached hydrogens (tertiary/aromatic N) is 3. The van der Waals surface area contributed by atoms with E-state index in [1.165, 1.54) is 80.2 Å². The number of hydrogen-bond donors (Lipinski definition) is 0. The van der Waals surface area contributed by atoms with Gasteiger partial charge in [0, 0.05) is 65.2 Å². The highest BCUT2D eigenvalue weighted by molar-refractivity contribution is 7.26. The van der Waals surface area contributed by atoms with Crippen LogP contribution in [0.4, 0.5) is 17.1 Å². The molecule has 0 radical (unpaired) electrons. The zero-order chi connectivity index (χ0) is 36.7. The van der Waals surface area contributed by atoms with Gasteiger partial charge in [-0.3, -0.25) is 0 Å². The summed E-state index contributed by atoms with van der Waals surface area (Å²) in [6.07, 6.45) is 0. The maximum Gasteiger partial charge on any atom is 0.0640 e. The van der Waals surface area contributed by atoms with Crippen molar-refractivity contribution < 1.29 is 0 Å². The highest BCUT2D eigenvalue weighted by Gasteiger charge is 2.21. The van der Waals surface area contributed by atoms with Crippen LogP contribution < -0.4 is 4.90 Å². The van der Waals surface area contributed by atoms with Crippen LogP contribution in [0.5, 0.6) is 0 Å². The summed E-state index contributed by atoms with van der Waals surface area (Å²) in [7, 11) is 0. The van der Waals surface area contributed by atoms with Gasteiger partial charge in [-0.1, -0.05) is 127 Å². The van der Waals surface area contributed by atoms with Crippen molar-refractivity contribution in [1.82, 2.24) is 9.13 Å². The minimum absolute atomic E-state index is 1.10. The summed E-state index contributed by atoms with van der Waals surface area (Å²) in [5, 5.41) is 10.1. The Morgan fingerprint density at radius 2 is 0.946 bits per heavy atom. The molecular formula is C52H33N3S. The van der Waals surface area contributed by atoms with E-state index in [1.54, 1.807) is 0 Å². The molecule has 0 aliphatic carbocycles. The molecule has 9 aromatic carbocycles. The van der Waals surface area contributed by atoms with Crippen molar-refractivity contribution in [2.24, 2.45) is 0 Å². The Morgan fingerprint density at radius 1 is 0.357 bits per heavy atom. The summed E-state index contributed by atoms with van der Waals surface area (Å²) >= 11 is 1.87. The predicted molar refractivity (Wildman–Crippen MR) is 240 cm³/mol. The monoisotopic (exact) mass is 731 g/mol. The first-order chi connectivity index (χ1) is 27.8. The molecule has 262 valence electrons. The van der Waals surface area contributed by atoms with Crippen molar-refractivity contribution in [2.75, 3.05) is 4.90 Å². The van der Waals surface area contributed by atoms with Crippen LogP contribution in [0.1, 0.15) is 0 Å². The number of aromatic nitrogens is 2. The minimum atomic E-state index is 1.10. The van der Waals surface area contributed by atoms with E-state index in [-0.39, 0.29) is 0 Å². The van der Waals surface area contributed by atoms with Crippen molar-refractivity contribution >= 4 is 103 Å². The van der Waals surface area contributed by atoms with E-state index in [4.69, 9.17) is 0 Å². The molecule has 0 unspecified atom stereocenters. The second-order valence-electron chi connectivity index (χ2n) is 14.5. The normalized spacial score (nSPS) is 11.9. The van der Waals surface area contributed by atoms with Crippen LogP contribution in [0.15, 0.2) is 200 Å². The van der Waals surface area contributed by atoms with Crippen LogP contribution in [0.25, 0.3) is 85.9 Å². The first kappa shape index (κ1) is 31.2. The van der Waals surface area contributed by atoms with Gasteiger partial charge in [-0.2, -0.15) is 0 Å². The molecule has 3 heterocycles. The van der Waals surface area contributed by atoms with E-state index in [9.17, 15) is 0 Å². The zero-order valence-corrected chi connectivity index (χ0v) is 31.1. The summed E-state index contributed by atoms with van der Waals surface area (Å²) in [4.78, 5) is 2.45. The van der Waals surface area contributed by atoms with E-state index >= 15 is 0 Å². The fourth-order valence-electron chi connectivity index (χ4n) is 9.04. The lowest BCUT2D eigenvalue weighted by atomic mass is 10.1. The van der Waals surface area contributed by atoms with Gasteiger partial charge in [0.05, 0.1) is 32.5 Å². The predicted octanol–water partition coefficient (Wildman–Crippen LogP) is 14.9. The number of benzene rings is 9. The fourth-order valence-corrected chi connectivity index (χ4v) is 10.2. The summed E-state index contributed by atoms with van der Waals surface area (Å²) in [5.74, 6) is 0. The van der Waals surface area contributed by atoms with Crippen LogP contribution in [-0.4, -0.2) is 9.13 Å². The molecule has 56 heavy (non-hydrogen) atoms. The maximum absolute atomic E-state index is 2.45. The Bertz CT molecular complexity index is 3480. The molecule has 12 rings (SSSR count). The van der Waals surface area contributed by atoms with Crippen molar-refractivity contribution in [2.45, 2.75) is 0 Å². The zero-order valence-electron chi connectivity index (χ0n) is 30.3. The van der Waals surface area contributed by atoms with Gasteiger partial charge in [0.1, 0.15) is 0 Å². The molecule has 4 heteroatoms. The van der Waals surface area contributed by atoms with Gasteiger partial charge < -0.3 is 14.0 Å². The molecule has 0 saturated heterocycles. The smallest absolute Gasteiger partial charge is 0.0640 e. The third-order valence-corrected chi connectivity index (χ3v) is 12.7. The minimum Gasteiger partial charge on any atom is -0.309 e. The van der Waals surface area contributed by atoms with Crippen LogP contribution in [0, 0.1) is 0 Å². The van der Waals surface area contributed by atoms with E-state index in [0.717, 1.165) is 22.7 Å². The summed E-state index contributed by atoms with van der Waals surface area (Å²) in [6.45, 7) is 0. The van der Waals surface area contributed by atoms with Gasteiger partial charge in [-0.25, -0.2) is 0 Å². The molecule has 0 amide bonds. The molecule has 0 aliphatic heterocycles. The van der Waals surface area contributed by atoms with Gasteiger partial charge in [0.25, 0.3) is 0 Å². The van der Waals surface area contributed by atoms with E-state index in [2.05, 4.69) is 214 Å². The quantitative estimate of drug-likeness (QED) is 0.172. The average molecular weight is 732 g/mol. The lowest BCUT2D eigenvalue weighted by Crippen LogP contribution is -2.10. The average Bonchev–Trinajstić information content (AvgIpc) is 3.93. The Hall–Kier alpha value is -7.14. The Morgan fingerprint density at radius 3 is 1.77 bits per heavy atom. The van der Waals surface area contributed by atoms with Gasteiger partial charge in [0.2, 0.25) is 0 Å². The van der Waals surface area contributed by atoms with Gasteiger partial charge in [-0.15, -0.1) is 11.3 Å². The molecule has 0 spiro atoms. The standard InChI is InChI=1S/C52H33N3S/c1-2-14-35(15-3-1)54-46-21-9-6-17-40(46)42-32-30-38(33-49(42)54)53(48-23-12-20-45-43-19-8-11-24-50(43)56-52(45)48)36-26-28-37(29-27-36)55-47-22-10-7-18-41(47)44-31-25-34-13-4-5-16-39(34)51(44)55/h1-33H. The van der Waals surface area contributed by atoms with Crippen LogP contribution >= 0.6 is 11.3 Å². The van der Waals surface area contributed by atoms with Gasteiger partial charge >= 0.3 is 0 Å². The molecule has 0 bridgehead atoms. The lowest BCUT2D eigenvalue weighted by Gasteiger charge is -2.27. The number of para-hydroxylation sites is 3. The number of anilines is 3. The van der Waals surface area contributed by atoms with Crippen LogP contribution in [0.3, 0.4) is 0 Å². The molecule has 12 aromatic rings. The largest absolute Gasteiger partial charge is 0.309 e. The van der Waals surface area contributed by atoms with Crippen LogP contribution in [0.2, 0.25) is 0 Å².